The third kappa shape index (κ3) is 39.3. The van der Waals surface area contributed by atoms with Gasteiger partial charge in [-0.05, 0) is 60.1 Å². The van der Waals surface area contributed by atoms with E-state index in [1.165, 1.54) is 24.3 Å². The minimum absolute atomic E-state index is 0.00149. The number of imide groups is 2. The average Bonchev–Trinajstić information content (AvgIpc) is 1.51. The van der Waals surface area contributed by atoms with E-state index in [-0.39, 0.29) is 152 Å². The van der Waals surface area contributed by atoms with Gasteiger partial charge >= 0.3 is 46.6 Å². The number of carbonyl (C=O) groups is 11. The van der Waals surface area contributed by atoms with Gasteiger partial charge in [0.2, 0.25) is 0 Å². The summed E-state index contributed by atoms with van der Waals surface area (Å²) >= 11 is 0. The van der Waals surface area contributed by atoms with Crippen LogP contribution in [0.3, 0.4) is 0 Å². The summed E-state index contributed by atoms with van der Waals surface area (Å²) in [5, 5.41) is 1.80. The molecule has 3 saturated heterocycles. The molecule has 6 N–H and O–H groups in total. The highest BCUT2D eigenvalue weighted by molar-refractivity contribution is 7.52. The van der Waals surface area contributed by atoms with Gasteiger partial charge in [0.05, 0.1) is 91.1 Å². The fraction of sp³-hybridized carbons (Fsp3) is 0.530. The first-order valence-electron chi connectivity index (χ1n) is 33.3. The summed E-state index contributed by atoms with van der Waals surface area (Å²) in [7, 11) is -14.4. The number of allylic oxidation sites excluding steroid dienone is 1. The lowest BCUT2D eigenvalue weighted by molar-refractivity contribution is -0.200. The quantitative estimate of drug-likeness (QED) is 0.0263. The van der Waals surface area contributed by atoms with Crippen LogP contribution in [-0.2, 0) is 155 Å². The van der Waals surface area contributed by atoms with Crippen LogP contribution in [0.2, 0.25) is 0 Å². The van der Waals surface area contributed by atoms with Gasteiger partial charge in [-0.2, -0.15) is 8.78 Å². The Hall–Kier alpha value is -7.68. The molecule has 3 aromatic carbocycles. The van der Waals surface area contributed by atoms with E-state index in [4.69, 9.17) is 76.8 Å². The zero-order chi connectivity index (χ0) is 78.8. The predicted octanol–water partition coefficient (Wildman–Crippen LogP) is 4.07. The maximum absolute atomic E-state index is 13.7. The van der Waals surface area contributed by atoms with Crippen molar-refractivity contribution in [3.8, 4) is 5.75 Å². The van der Waals surface area contributed by atoms with E-state index in [1.54, 1.807) is 36.4 Å². The van der Waals surface area contributed by atoms with Crippen molar-refractivity contribution in [2.24, 2.45) is 0 Å². The lowest BCUT2D eigenvalue weighted by atomic mass is 10.0. The van der Waals surface area contributed by atoms with Crippen LogP contribution in [-0.4, -0.2) is 228 Å². The number of alkyl halides is 2. The normalized spacial score (nSPS) is 14.0. The number of hydrogen-bond donors (Lipinski definition) is 6. The molecule has 3 aromatic rings. The third-order valence-corrected chi connectivity index (χ3v) is 16.5. The summed E-state index contributed by atoms with van der Waals surface area (Å²) in [6, 6.07) is 16.8. The number of hydrogen-bond acceptors (Lipinski definition) is 27. The summed E-state index contributed by atoms with van der Waals surface area (Å²) in [6.07, 6.45) is 3.34. The lowest BCUT2D eigenvalue weighted by Gasteiger charge is -2.18. The molecule has 0 aliphatic carbocycles. The molecule has 0 saturated carbocycles. The Morgan fingerprint density at radius 2 is 0.673 bits per heavy atom. The Balaban J connectivity index is 0.000000339. The Morgan fingerprint density at radius 1 is 0.393 bits per heavy atom. The van der Waals surface area contributed by atoms with E-state index in [0.717, 1.165) is 22.8 Å². The predicted molar refractivity (Wildman–Crippen MR) is 361 cm³/mol. The average molecular weight is 1580 g/mol. The smallest absolute Gasteiger partial charge is 0.404 e. The molecular weight excluding hydrogens is 1490 g/mol. The second-order valence-corrected chi connectivity index (χ2v) is 27.7. The molecule has 0 spiro atoms. The minimum Gasteiger partial charge on any atom is -0.404 e. The fourth-order valence-corrected chi connectivity index (χ4v) is 10.7. The topological polar surface area (TPSA) is 490 Å². The van der Waals surface area contributed by atoms with Crippen LogP contribution < -0.4 is 4.52 Å². The van der Waals surface area contributed by atoms with Crippen molar-refractivity contribution < 1.29 is 166 Å². The molecule has 0 unspecified atom stereocenters. The molecule has 5 amide bonds. The van der Waals surface area contributed by atoms with E-state index in [9.17, 15) is 75.2 Å². The molecular formula is C66H88F2N3O33P3. The van der Waals surface area contributed by atoms with Crippen LogP contribution in [0.5, 0.6) is 5.75 Å². The summed E-state index contributed by atoms with van der Waals surface area (Å²) in [6.45, 7) is 6.33. The van der Waals surface area contributed by atoms with Gasteiger partial charge in [0.1, 0.15) is 42.9 Å². The molecule has 0 aromatic heterocycles. The number of phosphoric ester groups is 1. The Morgan fingerprint density at radius 3 is 0.981 bits per heavy atom. The monoisotopic (exact) mass is 1580 g/mol. The first-order chi connectivity index (χ1) is 50.7. The van der Waals surface area contributed by atoms with E-state index >= 15 is 0 Å². The van der Waals surface area contributed by atoms with Crippen LogP contribution in [0.4, 0.5) is 8.78 Å². The molecule has 0 radical (unpaired) electrons. The van der Waals surface area contributed by atoms with Crippen molar-refractivity contribution in [2.75, 3.05) is 119 Å². The number of Topliss-reactive ketones (excluding diaryl/α,β-unsaturated/α-hetero) is 3. The van der Waals surface area contributed by atoms with Crippen LogP contribution >= 0.6 is 23.0 Å². The molecule has 41 heteroatoms. The van der Waals surface area contributed by atoms with Gasteiger partial charge in [0.15, 0.2) is 0 Å². The van der Waals surface area contributed by atoms with Gasteiger partial charge in [-0.3, -0.25) is 57.3 Å². The van der Waals surface area contributed by atoms with E-state index in [0.29, 0.717) is 117 Å². The number of halogens is 2. The Kier molecular flexibility index (Phi) is 41.7. The molecule has 107 heavy (non-hydrogen) atoms. The van der Waals surface area contributed by atoms with Crippen molar-refractivity contribution in [3.05, 3.63) is 113 Å². The van der Waals surface area contributed by atoms with Crippen LogP contribution in [0, 0.1) is 0 Å². The highest BCUT2D eigenvalue weighted by atomic mass is 31.2. The molecule has 3 aliphatic rings. The van der Waals surface area contributed by atoms with Crippen molar-refractivity contribution in [1.82, 2.24) is 15.2 Å². The summed E-state index contributed by atoms with van der Waals surface area (Å²) in [4.78, 5) is 195. The van der Waals surface area contributed by atoms with Gasteiger partial charge in [-0.15, -0.1) is 15.2 Å². The highest BCUT2D eigenvalue weighted by Gasteiger charge is 2.50. The number of nitrogens with zero attached hydrogens (tertiary/aromatic N) is 3. The first kappa shape index (κ1) is 91.7. The zero-order valence-corrected chi connectivity index (χ0v) is 61.0. The van der Waals surface area contributed by atoms with E-state index in [2.05, 4.69) is 20.8 Å². The molecule has 3 fully saturated rings. The summed E-state index contributed by atoms with van der Waals surface area (Å²) < 4.78 is 112. The van der Waals surface area contributed by atoms with Crippen LogP contribution in [0.1, 0.15) is 105 Å². The SMILES string of the molecule is C=C1CCC(=O)N1OC(=O)COCCOCCOCCCC(=O)Cc1ccc(C(F)(F)P(=O)(O)O)cc1.O=C(CCCOCCOCCOCC(=O)ON1C(=O)CCC1=O)Cc1ccc(CP(=O)(O)O)cc1.O=C(CCCOCCOCCOCC(=O)ON1C(=O)CCC1=O)Cc1ccc(OP(=O)(O)O)cc1. The maximum atomic E-state index is 13.7. The standard InChI is InChI=1S/C23H30F2NO10P.C22H30NO11P.C21H28NO12P/c1-17-4-9-21(28)26(17)36-22(29)16-35-14-13-34-12-11-33-10-2-3-20(27)15-18-5-7-19(8-6-18)23(24,25)37(30,31)32;24-19(14-17-3-5-18(6-4-17)16-35(28,29)30)2-1-9-31-10-11-32-12-13-33-15-22(27)34-23-20(25)7-8-21(23)26;23-17(14-16-3-5-18(6-4-16)34-35(27,28)29)2-1-9-30-10-11-31-12-13-32-15-21(26)33-22-19(24)7-8-20(22)25/h5-8H,1-4,9-16H2,(H2,30,31,32);3-6H,1-2,7-16H2,(H2,28,29,30);3-6H,1-2,7-15H2,(H2,27,28,29). The number of amides is 5. The van der Waals surface area contributed by atoms with E-state index in [1.807, 2.05) is 0 Å². The number of ether oxygens (including phenoxy) is 9. The number of phosphoric acid groups is 1. The minimum atomic E-state index is -5.64. The molecule has 0 atom stereocenters. The largest absolute Gasteiger partial charge is 0.524 e. The molecule has 36 nitrogen and oxygen atoms in total. The fourth-order valence-electron chi connectivity index (χ4n) is 9.09. The van der Waals surface area contributed by atoms with Gasteiger partial charge in [0.25, 0.3) is 29.5 Å². The molecule has 3 aliphatic heterocycles. The summed E-state index contributed by atoms with van der Waals surface area (Å²) in [5.41, 5.74) is -2.22. The van der Waals surface area contributed by atoms with Crippen molar-refractivity contribution in [1.29, 1.82) is 0 Å². The maximum Gasteiger partial charge on any atom is 0.524 e. The molecule has 6 rings (SSSR count). The highest BCUT2D eigenvalue weighted by Crippen LogP contribution is 2.59. The number of benzene rings is 3. The van der Waals surface area contributed by atoms with Crippen molar-refractivity contribution in [2.45, 2.75) is 108 Å². The van der Waals surface area contributed by atoms with Gasteiger partial charge in [0, 0.05) is 96.0 Å². The second-order valence-electron chi connectivity index (χ2n) is 23.2. The lowest BCUT2D eigenvalue weighted by Crippen LogP contribution is -2.33. The number of hydroxylamine groups is 6. The van der Waals surface area contributed by atoms with Gasteiger partial charge in [-0.25, -0.2) is 18.9 Å². The van der Waals surface area contributed by atoms with E-state index < -0.39 is 89.0 Å². The first-order valence-corrected chi connectivity index (χ1v) is 38.2. The Bertz CT molecular complexity index is 3350. The second kappa shape index (κ2) is 48.7. The molecule has 0 bridgehead atoms. The molecule has 3 heterocycles. The van der Waals surface area contributed by atoms with Crippen molar-refractivity contribution >= 4 is 87.8 Å². The number of rotatable bonds is 51. The third-order valence-electron chi connectivity index (χ3n) is 14.3. The van der Waals surface area contributed by atoms with Crippen LogP contribution in [0.25, 0.3) is 0 Å². The van der Waals surface area contributed by atoms with Crippen LogP contribution in [0.15, 0.2) is 85.1 Å². The van der Waals surface area contributed by atoms with Gasteiger partial charge < -0.3 is 81.2 Å². The Labute approximate surface area is 612 Å². The zero-order valence-electron chi connectivity index (χ0n) is 58.3. The number of ketones is 3. The summed E-state index contributed by atoms with van der Waals surface area (Å²) in [5.74, 6) is -5.02. The molecule has 594 valence electrons. The van der Waals surface area contributed by atoms with Gasteiger partial charge in [-0.1, -0.05) is 67.2 Å². The van der Waals surface area contributed by atoms with Crippen molar-refractivity contribution in [3.63, 3.8) is 0 Å². The number of carbonyl (C=O) groups excluding carboxylic acids is 11.